The average molecular weight is 379 g/mol. The maximum Gasteiger partial charge on any atom is 0.147 e. The number of ether oxygens (including phenoxy) is 1. The molecule has 1 saturated heterocycles. The van der Waals surface area contributed by atoms with Crippen molar-refractivity contribution in [1.29, 1.82) is 0 Å². The van der Waals surface area contributed by atoms with Crippen molar-refractivity contribution in [2.75, 3.05) is 13.2 Å². The van der Waals surface area contributed by atoms with Gasteiger partial charge in [0.15, 0.2) is 0 Å². The number of benzene rings is 1. The van der Waals surface area contributed by atoms with E-state index < -0.39 is 0 Å². The van der Waals surface area contributed by atoms with Gasteiger partial charge in [0.2, 0.25) is 0 Å². The summed E-state index contributed by atoms with van der Waals surface area (Å²) in [5.74, 6) is -0.332. The Bertz CT molecular complexity index is 466. The fourth-order valence-corrected chi connectivity index (χ4v) is 3.29. The molecule has 2 unspecified atom stereocenters. The van der Waals surface area contributed by atoms with Gasteiger partial charge >= 0.3 is 0 Å². The van der Waals surface area contributed by atoms with E-state index in [-0.39, 0.29) is 16.9 Å². The highest BCUT2D eigenvalue weighted by Crippen LogP contribution is 2.32. The summed E-state index contributed by atoms with van der Waals surface area (Å²) in [6, 6.07) is 3.59. The molecule has 5 heteroatoms. The van der Waals surface area contributed by atoms with E-state index in [4.69, 9.17) is 16.3 Å². The largest absolute Gasteiger partial charge is 0.378 e. The van der Waals surface area contributed by atoms with Gasteiger partial charge in [-0.05, 0) is 60.6 Å². The van der Waals surface area contributed by atoms with Crippen LogP contribution in [0.4, 0.5) is 4.39 Å². The van der Waals surface area contributed by atoms with Gasteiger partial charge in [0.25, 0.3) is 0 Å². The molecule has 21 heavy (non-hydrogen) atoms. The summed E-state index contributed by atoms with van der Waals surface area (Å²) in [6.07, 6.45) is 5.62. The number of halogens is 3. The molecule has 0 aliphatic carbocycles. The van der Waals surface area contributed by atoms with E-state index in [0.29, 0.717) is 16.1 Å². The summed E-state index contributed by atoms with van der Waals surface area (Å²) in [4.78, 5) is 0. The lowest BCUT2D eigenvalue weighted by Gasteiger charge is -2.26. The lowest BCUT2D eigenvalue weighted by atomic mass is 9.97. The Morgan fingerprint density at radius 1 is 1.48 bits per heavy atom. The van der Waals surface area contributed by atoms with E-state index in [1.165, 1.54) is 6.42 Å². The van der Waals surface area contributed by atoms with Gasteiger partial charge in [0.05, 0.1) is 11.1 Å². The van der Waals surface area contributed by atoms with E-state index >= 15 is 0 Å². The molecule has 1 aliphatic heterocycles. The SMILES string of the molecule is CCNC(CCC1CCCCO1)c1ccc(Br)c(Cl)c1F. The third-order valence-electron chi connectivity index (χ3n) is 3.94. The Labute approximate surface area is 139 Å². The van der Waals surface area contributed by atoms with E-state index in [1.54, 1.807) is 6.07 Å². The van der Waals surface area contributed by atoms with Crippen LogP contribution in [0.25, 0.3) is 0 Å². The Balaban J connectivity index is 2.05. The first kappa shape index (κ1) is 17.2. The molecule has 1 aliphatic rings. The second-order valence-electron chi connectivity index (χ2n) is 5.44. The minimum absolute atomic E-state index is 0.0221. The number of nitrogens with one attached hydrogen (secondary N) is 1. The first-order valence-corrected chi connectivity index (χ1v) is 8.79. The molecule has 1 fully saturated rings. The smallest absolute Gasteiger partial charge is 0.147 e. The van der Waals surface area contributed by atoms with Gasteiger partial charge in [0.1, 0.15) is 5.82 Å². The molecule has 2 atom stereocenters. The number of hydrogen-bond acceptors (Lipinski definition) is 2. The molecule has 1 heterocycles. The quantitative estimate of drug-likeness (QED) is 0.683. The summed E-state index contributed by atoms with van der Waals surface area (Å²) in [5, 5.41) is 3.51. The molecular formula is C16H22BrClFNO. The summed E-state index contributed by atoms with van der Waals surface area (Å²) >= 11 is 9.26. The summed E-state index contributed by atoms with van der Waals surface area (Å²) in [5.41, 5.74) is 0.640. The first-order valence-electron chi connectivity index (χ1n) is 7.61. The van der Waals surface area contributed by atoms with Gasteiger partial charge in [-0.2, -0.15) is 0 Å². The molecule has 0 radical (unpaired) electrons. The highest BCUT2D eigenvalue weighted by molar-refractivity contribution is 9.10. The second-order valence-corrected chi connectivity index (χ2v) is 6.67. The van der Waals surface area contributed by atoms with Gasteiger partial charge in [-0.25, -0.2) is 4.39 Å². The van der Waals surface area contributed by atoms with Crippen LogP contribution in [0.3, 0.4) is 0 Å². The van der Waals surface area contributed by atoms with Crippen LogP contribution in [0, 0.1) is 5.82 Å². The summed E-state index contributed by atoms with van der Waals surface area (Å²) in [6.45, 7) is 3.68. The minimum atomic E-state index is -0.332. The van der Waals surface area contributed by atoms with Crippen LogP contribution in [0.2, 0.25) is 5.02 Å². The van der Waals surface area contributed by atoms with Crippen molar-refractivity contribution >= 4 is 27.5 Å². The Morgan fingerprint density at radius 3 is 2.95 bits per heavy atom. The fourth-order valence-electron chi connectivity index (χ4n) is 2.81. The van der Waals surface area contributed by atoms with Gasteiger partial charge in [0, 0.05) is 22.7 Å². The molecule has 0 amide bonds. The van der Waals surface area contributed by atoms with Gasteiger partial charge in [-0.3, -0.25) is 0 Å². The molecule has 2 nitrogen and oxygen atoms in total. The molecular weight excluding hydrogens is 357 g/mol. The van der Waals surface area contributed by atoms with Crippen molar-refractivity contribution in [3.8, 4) is 0 Å². The fraction of sp³-hybridized carbons (Fsp3) is 0.625. The lowest BCUT2D eigenvalue weighted by molar-refractivity contribution is 0.00851. The van der Waals surface area contributed by atoms with E-state index in [9.17, 15) is 4.39 Å². The van der Waals surface area contributed by atoms with Crippen molar-refractivity contribution < 1.29 is 9.13 Å². The molecule has 0 saturated carbocycles. The normalized spacial score (nSPS) is 20.5. The maximum absolute atomic E-state index is 14.4. The average Bonchev–Trinajstić information content (AvgIpc) is 2.51. The molecule has 0 aromatic heterocycles. The first-order chi connectivity index (χ1) is 10.1. The predicted octanol–water partition coefficient (Wildman–Crippen LogP) is 5.24. The molecule has 1 aromatic rings. The summed E-state index contributed by atoms with van der Waals surface area (Å²) in [7, 11) is 0. The third-order valence-corrected chi connectivity index (χ3v) is 5.20. The molecule has 1 aromatic carbocycles. The van der Waals surface area contributed by atoms with Crippen LogP contribution in [0.5, 0.6) is 0 Å². The zero-order valence-electron chi connectivity index (χ0n) is 12.3. The predicted molar refractivity (Wildman–Crippen MR) is 88.4 cm³/mol. The lowest BCUT2D eigenvalue weighted by Crippen LogP contribution is -2.25. The molecule has 2 rings (SSSR count). The highest BCUT2D eigenvalue weighted by atomic mass is 79.9. The van der Waals surface area contributed by atoms with Crippen LogP contribution < -0.4 is 5.32 Å². The molecule has 0 bridgehead atoms. The molecule has 0 spiro atoms. The van der Waals surface area contributed by atoms with Crippen molar-refractivity contribution in [3.63, 3.8) is 0 Å². The zero-order valence-corrected chi connectivity index (χ0v) is 14.6. The van der Waals surface area contributed by atoms with Gasteiger partial charge in [-0.15, -0.1) is 0 Å². The van der Waals surface area contributed by atoms with Crippen molar-refractivity contribution in [3.05, 3.63) is 33.0 Å². The number of rotatable bonds is 6. The molecule has 1 N–H and O–H groups in total. The van der Waals surface area contributed by atoms with Gasteiger partial charge in [-0.1, -0.05) is 24.6 Å². The van der Waals surface area contributed by atoms with Crippen molar-refractivity contribution in [2.45, 2.75) is 51.2 Å². The van der Waals surface area contributed by atoms with Crippen LogP contribution in [0.1, 0.15) is 50.6 Å². The van der Waals surface area contributed by atoms with Gasteiger partial charge < -0.3 is 10.1 Å². The minimum Gasteiger partial charge on any atom is -0.378 e. The maximum atomic E-state index is 14.4. The topological polar surface area (TPSA) is 21.3 Å². The van der Waals surface area contributed by atoms with Crippen LogP contribution >= 0.6 is 27.5 Å². The van der Waals surface area contributed by atoms with Crippen LogP contribution in [-0.4, -0.2) is 19.3 Å². The highest BCUT2D eigenvalue weighted by Gasteiger charge is 2.21. The Morgan fingerprint density at radius 2 is 2.29 bits per heavy atom. The zero-order chi connectivity index (χ0) is 15.2. The molecule has 118 valence electrons. The van der Waals surface area contributed by atoms with Crippen LogP contribution in [0.15, 0.2) is 16.6 Å². The van der Waals surface area contributed by atoms with Crippen molar-refractivity contribution in [2.24, 2.45) is 0 Å². The number of hydrogen-bond donors (Lipinski definition) is 1. The Hall–Kier alpha value is -0.160. The third kappa shape index (κ3) is 4.65. The van der Waals surface area contributed by atoms with E-state index in [2.05, 4.69) is 21.2 Å². The Kier molecular flexibility index (Phi) is 6.93. The monoisotopic (exact) mass is 377 g/mol. The second kappa shape index (κ2) is 8.47. The van der Waals surface area contributed by atoms with Crippen LogP contribution in [-0.2, 0) is 4.74 Å². The van der Waals surface area contributed by atoms with E-state index in [0.717, 1.165) is 38.8 Å². The standard InChI is InChI=1S/C16H22BrClFNO/c1-2-20-14(9-6-11-5-3-4-10-21-11)12-7-8-13(17)15(18)16(12)19/h7-8,11,14,20H,2-6,9-10H2,1H3. The van der Waals surface area contributed by atoms with Crippen molar-refractivity contribution in [1.82, 2.24) is 5.32 Å². The summed E-state index contributed by atoms with van der Waals surface area (Å²) < 4.78 is 20.7. The van der Waals surface area contributed by atoms with E-state index in [1.807, 2.05) is 13.0 Å².